The number of rotatable bonds is 5. The molecule has 2 atom stereocenters. The molecule has 0 fully saturated rings. The van der Waals surface area contributed by atoms with Gasteiger partial charge in [0.15, 0.2) is 0 Å². The highest BCUT2D eigenvalue weighted by Crippen LogP contribution is 2.37. The lowest BCUT2D eigenvalue weighted by Gasteiger charge is -2.20. The molecule has 0 saturated heterocycles. The van der Waals surface area contributed by atoms with Crippen LogP contribution in [0.5, 0.6) is 5.75 Å². The molecule has 0 aromatic heterocycles. The lowest BCUT2D eigenvalue weighted by atomic mass is 9.94. The Bertz CT molecular complexity index is 384. The zero-order valence-corrected chi connectivity index (χ0v) is 12.8. The molecule has 1 aromatic rings. The van der Waals surface area contributed by atoms with Gasteiger partial charge in [-0.15, -0.1) is 0 Å². The molecule has 0 heterocycles. The summed E-state index contributed by atoms with van der Waals surface area (Å²) in [4.78, 5) is 0. The van der Waals surface area contributed by atoms with Gasteiger partial charge in [-0.05, 0) is 40.4 Å². The van der Waals surface area contributed by atoms with E-state index in [1.807, 2.05) is 12.1 Å². The Hall–Kier alpha value is -0.250. The van der Waals surface area contributed by atoms with Crippen LogP contribution in [-0.4, -0.2) is 7.11 Å². The number of nitrogens with two attached hydrogens (primary N) is 1. The third-order valence-corrected chi connectivity index (χ3v) is 3.80. The summed E-state index contributed by atoms with van der Waals surface area (Å²) in [5.41, 5.74) is 7.19. The molecule has 96 valence electrons. The summed E-state index contributed by atoms with van der Waals surface area (Å²) in [6, 6.07) is 3.66. The average Bonchev–Trinajstić information content (AvgIpc) is 2.27. The minimum atomic E-state index is -0.0464. The first-order chi connectivity index (χ1) is 7.99. The van der Waals surface area contributed by atoms with E-state index in [-0.39, 0.29) is 6.04 Å². The Morgan fingerprint density at radius 3 is 2.65 bits per heavy atom. The van der Waals surface area contributed by atoms with Crippen LogP contribution < -0.4 is 10.5 Å². The number of halogens is 2. The van der Waals surface area contributed by atoms with Crippen molar-refractivity contribution in [3.05, 3.63) is 27.2 Å². The fraction of sp³-hybridized carbons (Fsp3) is 0.538. The van der Waals surface area contributed by atoms with E-state index in [1.54, 1.807) is 7.11 Å². The molecular weight excluding hydrogens is 302 g/mol. The Morgan fingerprint density at radius 1 is 1.47 bits per heavy atom. The van der Waals surface area contributed by atoms with Crippen molar-refractivity contribution >= 4 is 27.5 Å². The van der Waals surface area contributed by atoms with Crippen molar-refractivity contribution in [3.63, 3.8) is 0 Å². The number of hydrogen-bond acceptors (Lipinski definition) is 2. The van der Waals surface area contributed by atoms with E-state index in [1.165, 1.54) is 0 Å². The largest absolute Gasteiger partial charge is 0.495 e. The number of ether oxygens (including phenoxy) is 1. The standard InChI is InChI=1S/C13H19BrClNO/c1-4-8(2)5-12(16)10-6-9(15)7-11(14)13(10)17-3/h6-8,12H,4-5,16H2,1-3H3. The summed E-state index contributed by atoms with van der Waals surface area (Å²) in [7, 11) is 1.65. The van der Waals surface area contributed by atoms with E-state index in [2.05, 4.69) is 29.8 Å². The fourth-order valence-corrected chi connectivity index (χ4v) is 2.79. The predicted octanol–water partition coefficient (Wildman–Crippen LogP) is 4.55. The summed E-state index contributed by atoms with van der Waals surface area (Å²) >= 11 is 9.50. The number of hydrogen-bond donors (Lipinski definition) is 1. The Morgan fingerprint density at radius 2 is 2.12 bits per heavy atom. The van der Waals surface area contributed by atoms with E-state index in [0.717, 1.165) is 28.6 Å². The Balaban J connectivity index is 3.02. The fourth-order valence-electron chi connectivity index (χ4n) is 1.80. The molecule has 0 bridgehead atoms. The topological polar surface area (TPSA) is 35.2 Å². The molecule has 0 aliphatic heterocycles. The molecule has 0 spiro atoms. The van der Waals surface area contributed by atoms with Crippen LogP contribution in [-0.2, 0) is 0 Å². The van der Waals surface area contributed by atoms with E-state index in [9.17, 15) is 0 Å². The quantitative estimate of drug-likeness (QED) is 0.864. The summed E-state index contributed by atoms with van der Waals surface area (Å²) < 4.78 is 6.23. The zero-order valence-electron chi connectivity index (χ0n) is 10.5. The van der Waals surface area contributed by atoms with E-state index in [4.69, 9.17) is 22.1 Å². The SMILES string of the molecule is CCC(C)CC(N)c1cc(Cl)cc(Br)c1OC. The molecular formula is C13H19BrClNO. The normalized spacial score (nSPS) is 14.5. The molecule has 1 rings (SSSR count). The van der Waals surface area contributed by atoms with Gasteiger partial charge in [-0.3, -0.25) is 0 Å². The van der Waals surface area contributed by atoms with Gasteiger partial charge >= 0.3 is 0 Å². The summed E-state index contributed by atoms with van der Waals surface area (Å²) in [5.74, 6) is 1.37. The molecule has 1 aromatic carbocycles. The van der Waals surface area contributed by atoms with Gasteiger partial charge in [-0.2, -0.15) is 0 Å². The van der Waals surface area contributed by atoms with Crippen molar-refractivity contribution < 1.29 is 4.74 Å². The van der Waals surface area contributed by atoms with Crippen molar-refractivity contribution in [1.29, 1.82) is 0 Å². The highest BCUT2D eigenvalue weighted by molar-refractivity contribution is 9.10. The lowest BCUT2D eigenvalue weighted by molar-refractivity contribution is 0.393. The zero-order chi connectivity index (χ0) is 13.0. The van der Waals surface area contributed by atoms with Gasteiger partial charge in [0.2, 0.25) is 0 Å². The molecule has 17 heavy (non-hydrogen) atoms. The van der Waals surface area contributed by atoms with Gasteiger partial charge < -0.3 is 10.5 Å². The smallest absolute Gasteiger partial charge is 0.137 e. The van der Waals surface area contributed by atoms with Crippen LogP contribution >= 0.6 is 27.5 Å². The highest BCUT2D eigenvalue weighted by Gasteiger charge is 2.17. The van der Waals surface area contributed by atoms with E-state index >= 15 is 0 Å². The van der Waals surface area contributed by atoms with Crippen LogP contribution in [0.2, 0.25) is 5.02 Å². The predicted molar refractivity (Wildman–Crippen MR) is 76.7 cm³/mol. The van der Waals surface area contributed by atoms with Crippen LogP contribution in [0.15, 0.2) is 16.6 Å². The number of benzene rings is 1. The second-order valence-corrected chi connectivity index (χ2v) is 5.66. The number of methoxy groups -OCH3 is 1. The second kappa shape index (κ2) is 6.62. The first-order valence-electron chi connectivity index (χ1n) is 5.78. The molecule has 2 nitrogen and oxygen atoms in total. The summed E-state index contributed by atoms with van der Waals surface area (Å²) in [5, 5.41) is 0.673. The molecule has 0 radical (unpaired) electrons. The first-order valence-corrected chi connectivity index (χ1v) is 6.95. The first kappa shape index (κ1) is 14.8. The monoisotopic (exact) mass is 319 g/mol. The van der Waals surface area contributed by atoms with Crippen molar-refractivity contribution in [2.45, 2.75) is 32.7 Å². The van der Waals surface area contributed by atoms with Gasteiger partial charge in [0, 0.05) is 16.6 Å². The Kier molecular flexibility index (Phi) is 5.77. The van der Waals surface area contributed by atoms with Gasteiger partial charge in [-0.1, -0.05) is 31.9 Å². The van der Waals surface area contributed by atoms with Crippen molar-refractivity contribution in [2.24, 2.45) is 11.7 Å². The van der Waals surface area contributed by atoms with Gasteiger partial charge in [0.25, 0.3) is 0 Å². The van der Waals surface area contributed by atoms with Crippen LogP contribution in [0, 0.1) is 5.92 Å². The average molecular weight is 321 g/mol. The molecule has 0 aliphatic carbocycles. The third kappa shape index (κ3) is 3.87. The van der Waals surface area contributed by atoms with Gasteiger partial charge in [0.05, 0.1) is 11.6 Å². The van der Waals surface area contributed by atoms with Crippen LogP contribution in [0.3, 0.4) is 0 Å². The van der Waals surface area contributed by atoms with E-state index in [0.29, 0.717) is 10.9 Å². The maximum absolute atomic E-state index is 6.23. The maximum atomic E-state index is 6.23. The van der Waals surface area contributed by atoms with Crippen LogP contribution in [0.1, 0.15) is 38.3 Å². The van der Waals surface area contributed by atoms with Crippen LogP contribution in [0.4, 0.5) is 0 Å². The van der Waals surface area contributed by atoms with E-state index < -0.39 is 0 Å². The van der Waals surface area contributed by atoms with Gasteiger partial charge in [-0.25, -0.2) is 0 Å². The summed E-state index contributed by atoms with van der Waals surface area (Å²) in [6.07, 6.45) is 2.05. The molecule has 4 heteroatoms. The lowest BCUT2D eigenvalue weighted by Crippen LogP contribution is -2.15. The van der Waals surface area contributed by atoms with Crippen molar-refractivity contribution in [3.8, 4) is 5.75 Å². The van der Waals surface area contributed by atoms with Crippen molar-refractivity contribution in [2.75, 3.05) is 7.11 Å². The molecule has 0 amide bonds. The molecule has 0 saturated carbocycles. The second-order valence-electron chi connectivity index (χ2n) is 4.37. The minimum Gasteiger partial charge on any atom is -0.495 e. The molecule has 0 aliphatic rings. The van der Waals surface area contributed by atoms with Crippen molar-refractivity contribution in [1.82, 2.24) is 0 Å². The molecule has 2 N–H and O–H groups in total. The van der Waals surface area contributed by atoms with Crippen LogP contribution in [0.25, 0.3) is 0 Å². The third-order valence-electron chi connectivity index (χ3n) is 2.99. The molecule has 2 unspecified atom stereocenters. The minimum absolute atomic E-state index is 0.0464. The summed E-state index contributed by atoms with van der Waals surface area (Å²) in [6.45, 7) is 4.37. The Labute approximate surface area is 117 Å². The maximum Gasteiger partial charge on any atom is 0.137 e. The highest BCUT2D eigenvalue weighted by atomic mass is 79.9. The van der Waals surface area contributed by atoms with Gasteiger partial charge in [0.1, 0.15) is 5.75 Å².